The molecule has 0 saturated heterocycles. The van der Waals surface area contributed by atoms with Crippen molar-refractivity contribution in [1.82, 2.24) is 0 Å². The minimum atomic E-state index is -1.78. The summed E-state index contributed by atoms with van der Waals surface area (Å²) in [4.78, 5) is 12.9. The van der Waals surface area contributed by atoms with Crippen molar-refractivity contribution in [2.24, 2.45) is 0 Å². The Labute approximate surface area is 89.1 Å². The van der Waals surface area contributed by atoms with Crippen LogP contribution in [-0.2, 0) is 0 Å². The Morgan fingerprint density at radius 2 is 2.15 bits per heavy atom. The quantitative estimate of drug-likeness (QED) is 0.744. The molecule has 0 aromatic carbocycles. The molecule has 0 fully saturated rings. The molecule has 0 aliphatic rings. The highest BCUT2D eigenvalue weighted by Crippen LogP contribution is 2.29. The smallest absolute Gasteiger partial charge is 0.209 e. The summed E-state index contributed by atoms with van der Waals surface area (Å²) in [6, 6.07) is 1.67. The second kappa shape index (κ2) is 3.50. The second-order valence-corrected chi connectivity index (χ2v) is 5.43. The van der Waals surface area contributed by atoms with E-state index in [0.717, 1.165) is 9.35 Å². The van der Waals surface area contributed by atoms with E-state index < -0.39 is 11.5 Å². The molecule has 0 spiro atoms. The number of aryl methyl sites for hydroxylation is 1. The molecule has 72 valence electrons. The number of halogens is 2. The third kappa shape index (κ3) is 2.38. The predicted octanol–water partition coefficient (Wildman–Crippen LogP) is 3.75. The number of ketones is 1. The maximum atomic E-state index is 13.3. The molecule has 1 aromatic rings. The molecule has 0 atom stereocenters. The Morgan fingerprint density at radius 1 is 1.62 bits per heavy atom. The minimum absolute atomic E-state index is 0.452. The van der Waals surface area contributed by atoms with E-state index in [4.69, 9.17) is 0 Å². The van der Waals surface area contributed by atoms with Crippen molar-refractivity contribution < 1.29 is 9.18 Å². The number of hydrogen-bond donors (Lipinski definition) is 0. The molecule has 0 unspecified atom stereocenters. The summed E-state index contributed by atoms with van der Waals surface area (Å²) in [5.74, 6) is -0.452. The topological polar surface area (TPSA) is 17.1 Å². The molecule has 1 heterocycles. The number of thiophene rings is 1. The van der Waals surface area contributed by atoms with Crippen LogP contribution in [0.3, 0.4) is 0 Å². The molecule has 0 saturated carbocycles. The van der Waals surface area contributed by atoms with Gasteiger partial charge in [-0.1, -0.05) is 0 Å². The molecule has 0 amide bonds. The Morgan fingerprint density at radius 3 is 2.46 bits per heavy atom. The molecular weight excluding hydrogens is 255 g/mol. The molecule has 4 heteroatoms. The standard InChI is InChI=1S/C9H10BrFOS/c1-5-6(10)4-7(13-5)8(12)9(2,3)11/h4H,1-3H3. The zero-order valence-electron chi connectivity index (χ0n) is 7.65. The van der Waals surface area contributed by atoms with Crippen molar-refractivity contribution in [2.45, 2.75) is 26.4 Å². The summed E-state index contributed by atoms with van der Waals surface area (Å²) in [6.07, 6.45) is 0. The summed E-state index contributed by atoms with van der Waals surface area (Å²) in [7, 11) is 0. The number of alkyl halides is 1. The maximum absolute atomic E-state index is 13.3. The first kappa shape index (κ1) is 10.9. The van der Waals surface area contributed by atoms with Crippen LogP contribution >= 0.6 is 27.3 Å². The van der Waals surface area contributed by atoms with E-state index in [2.05, 4.69) is 15.9 Å². The van der Waals surface area contributed by atoms with Crippen molar-refractivity contribution in [1.29, 1.82) is 0 Å². The monoisotopic (exact) mass is 264 g/mol. The van der Waals surface area contributed by atoms with Crippen LogP contribution in [-0.4, -0.2) is 11.5 Å². The summed E-state index contributed by atoms with van der Waals surface area (Å²) in [5, 5.41) is 0. The van der Waals surface area contributed by atoms with E-state index in [1.165, 1.54) is 25.2 Å². The maximum Gasteiger partial charge on any atom is 0.209 e. The van der Waals surface area contributed by atoms with E-state index in [1.807, 2.05) is 6.92 Å². The fourth-order valence-electron chi connectivity index (χ4n) is 0.865. The Bertz CT molecular complexity index is 318. The third-order valence-electron chi connectivity index (χ3n) is 1.62. The minimum Gasteiger partial charge on any atom is -0.290 e. The molecule has 1 rings (SSSR count). The van der Waals surface area contributed by atoms with E-state index in [-0.39, 0.29) is 0 Å². The normalized spacial score (nSPS) is 11.8. The van der Waals surface area contributed by atoms with Crippen molar-refractivity contribution in [2.75, 3.05) is 0 Å². The average Bonchev–Trinajstić information content (AvgIpc) is 2.29. The molecule has 0 N–H and O–H groups in total. The van der Waals surface area contributed by atoms with Gasteiger partial charge < -0.3 is 0 Å². The van der Waals surface area contributed by atoms with Crippen LogP contribution in [0.1, 0.15) is 28.4 Å². The number of carbonyl (C=O) groups is 1. The van der Waals surface area contributed by atoms with Gasteiger partial charge in [0.1, 0.15) is 0 Å². The number of carbonyl (C=O) groups excluding carboxylic acids is 1. The van der Waals surface area contributed by atoms with Crippen LogP contribution in [0.5, 0.6) is 0 Å². The van der Waals surface area contributed by atoms with Gasteiger partial charge in [0.25, 0.3) is 0 Å². The van der Waals surface area contributed by atoms with Crippen molar-refractivity contribution in [3.63, 3.8) is 0 Å². The SMILES string of the molecule is Cc1sc(C(=O)C(C)(C)F)cc1Br. The summed E-state index contributed by atoms with van der Waals surface area (Å²) in [5.41, 5.74) is -1.78. The van der Waals surface area contributed by atoms with E-state index >= 15 is 0 Å². The Kier molecular flexibility index (Phi) is 2.92. The molecule has 0 radical (unpaired) electrons. The average molecular weight is 265 g/mol. The summed E-state index contributed by atoms with van der Waals surface area (Å²) >= 11 is 4.60. The molecule has 0 aliphatic heterocycles. The fourth-order valence-corrected chi connectivity index (χ4v) is 2.49. The molecular formula is C9H10BrFOS. The molecule has 0 bridgehead atoms. The van der Waals surface area contributed by atoms with Crippen LogP contribution in [0, 0.1) is 6.92 Å². The van der Waals surface area contributed by atoms with Gasteiger partial charge in [-0.3, -0.25) is 4.79 Å². The lowest BCUT2D eigenvalue weighted by molar-refractivity contribution is 0.0765. The zero-order valence-corrected chi connectivity index (χ0v) is 10.1. The first-order valence-electron chi connectivity index (χ1n) is 3.82. The number of Topliss-reactive ketones (excluding diaryl/α,β-unsaturated/α-hetero) is 1. The van der Waals surface area contributed by atoms with Crippen molar-refractivity contribution in [3.05, 3.63) is 20.3 Å². The first-order chi connectivity index (χ1) is 5.82. The summed E-state index contributed by atoms with van der Waals surface area (Å²) in [6.45, 7) is 4.44. The van der Waals surface area contributed by atoms with E-state index in [0.29, 0.717) is 4.88 Å². The van der Waals surface area contributed by atoms with Crippen LogP contribution in [0.25, 0.3) is 0 Å². The Hall–Kier alpha value is -0.220. The van der Waals surface area contributed by atoms with Gasteiger partial charge >= 0.3 is 0 Å². The molecule has 1 nitrogen and oxygen atoms in total. The number of rotatable bonds is 2. The lowest BCUT2D eigenvalue weighted by Crippen LogP contribution is -2.24. The second-order valence-electron chi connectivity index (χ2n) is 3.32. The molecule has 13 heavy (non-hydrogen) atoms. The van der Waals surface area contributed by atoms with Gasteiger partial charge in [-0.2, -0.15) is 0 Å². The van der Waals surface area contributed by atoms with Crippen LogP contribution in [0.4, 0.5) is 4.39 Å². The van der Waals surface area contributed by atoms with E-state index in [9.17, 15) is 9.18 Å². The summed E-state index contributed by atoms with van der Waals surface area (Å²) < 4.78 is 14.1. The van der Waals surface area contributed by atoms with Gasteiger partial charge in [-0.25, -0.2) is 4.39 Å². The Balaban J connectivity index is 3.03. The van der Waals surface area contributed by atoms with Crippen molar-refractivity contribution in [3.8, 4) is 0 Å². The predicted molar refractivity (Wildman–Crippen MR) is 56.3 cm³/mol. The highest BCUT2D eigenvalue weighted by atomic mass is 79.9. The van der Waals surface area contributed by atoms with Gasteiger partial charge in [0, 0.05) is 9.35 Å². The zero-order chi connectivity index (χ0) is 10.2. The lowest BCUT2D eigenvalue weighted by Gasteiger charge is -2.09. The van der Waals surface area contributed by atoms with Crippen LogP contribution in [0.15, 0.2) is 10.5 Å². The fraction of sp³-hybridized carbons (Fsp3) is 0.444. The van der Waals surface area contributed by atoms with E-state index in [1.54, 1.807) is 6.07 Å². The molecule has 0 aliphatic carbocycles. The number of hydrogen-bond acceptors (Lipinski definition) is 2. The van der Waals surface area contributed by atoms with Crippen molar-refractivity contribution >= 4 is 33.0 Å². The highest BCUT2D eigenvalue weighted by molar-refractivity contribution is 9.10. The lowest BCUT2D eigenvalue weighted by atomic mass is 10.1. The molecule has 1 aromatic heterocycles. The van der Waals surface area contributed by atoms with Crippen LogP contribution in [0.2, 0.25) is 0 Å². The van der Waals surface area contributed by atoms with Gasteiger partial charge in [0.2, 0.25) is 5.78 Å². The highest BCUT2D eigenvalue weighted by Gasteiger charge is 2.29. The first-order valence-corrected chi connectivity index (χ1v) is 5.43. The van der Waals surface area contributed by atoms with Gasteiger partial charge in [-0.05, 0) is 42.8 Å². The van der Waals surface area contributed by atoms with Crippen LogP contribution < -0.4 is 0 Å². The third-order valence-corrected chi connectivity index (χ3v) is 3.76. The largest absolute Gasteiger partial charge is 0.290 e. The van der Waals surface area contributed by atoms with Gasteiger partial charge in [0.15, 0.2) is 5.67 Å². The van der Waals surface area contributed by atoms with Gasteiger partial charge in [-0.15, -0.1) is 11.3 Å². The van der Waals surface area contributed by atoms with Gasteiger partial charge in [0.05, 0.1) is 4.88 Å².